The second-order valence-corrected chi connectivity index (χ2v) is 7.64. The third-order valence-corrected chi connectivity index (χ3v) is 5.93. The van der Waals surface area contributed by atoms with Crippen molar-refractivity contribution in [3.05, 3.63) is 29.1 Å². The van der Waals surface area contributed by atoms with Gasteiger partial charge in [-0.05, 0) is 43.5 Å². The average molecular weight is 314 g/mol. The van der Waals surface area contributed by atoms with Crippen molar-refractivity contribution in [2.45, 2.75) is 38.6 Å². The van der Waals surface area contributed by atoms with Gasteiger partial charge in [-0.3, -0.25) is 0 Å². The summed E-state index contributed by atoms with van der Waals surface area (Å²) in [6, 6.07) is 3.00. The van der Waals surface area contributed by atoms with Crippen molar-refractivity contribution in [3.8, 4) is 0 Å². The SMILES string of the molecule is CCNCc1cc(F)c(C)c(S(=O)(=O)N2CCC(C)C2)c1. The summed E-state index contributed by atoms with van der Waals surface area (Å²) in [5.74, 6) is -0.105. The topological polar surface area (TPSA) is 49.4 Å². The van der Waals surface area contributed by atoms with Crippen molar-refractivity contribution >= 4 is 10.0 Å². The molecular weight excluding hydrogens is 291 g/mol. The Labute approximate surface area is 126 Å². The number of nitrogens with one attached hydrogen (secondary N) is 1. The molecule has 0 aliphatic carbocycles. The molecule has 6 heteroatoms. The lowest BCUT2D eigenvalue weighted by Crippen LogP contribution is -2.29. The van der Waals surface area contributed by atoms with E-state index in [2.05, 4.69) is 5.32 Å². The summed E-state index contributed by atoms with van der Waals surface area (Å²) in [5.41, 5.74) is 0.862. The first kappa shape index (κ1) is 16.4. The van der Waals surface area contributed by atoms with Crippen LogP contribution in [-0.4, -0.2) is 32.4 Å². The van der Waals surface area contributed by atoms with E-state index in [9.17, 15) is 12.8 Å². The molecular formula is C15H23FN2O2S. The van der Waals surface area contributed by atoms with Crippen LogP contribution in [0.2, 0.25) is 0 Å². The summed E-state index contributed by atoms with van der Waals surface area (Å²) in [7, 11) is -3.61. The quantitative estimate of drug-likeness (QED) is 0.907. The van der Waals surface area contributed by atoms with Crippen molar-refractivity contribution in [3.63, 3.8) is 0 Å². The Morgan fingerprint density at radius 1 is 1.43 bits per heavy atom. The number of hydrogen-bond acceptors (Lipinski definition) is 3. The Bertz CT molecular complexity index is 616. The maximum atomic E-state index is 14.1. The lowest BCUT2D eigenvalue weighted by Gasteiger charge is -2.19. The lowest BCUT2D eigenvalue weighted by molar-refractivity contribution is 0.462. The van der Waals surface area contributed by atoms with Crippen molar-refractivity contribution in [2.24, 2.45) is 5.92 Å². The molecule has 1 fully saturated rings. The number of halogens is 1. The lowest BCUT2D eigenvalue weighted by atomic mass is 10.1. The highest BCUT2D eigenvalue weighted by atomic mass is 32.2. The minimum absolute atomic E-state index is 0.101. The molecule has 118 valence electrons. The average Bonchev–Trinajstić information content (AvgIpc) is 2.87. The van der Waals surface area contributed by atoms with Crippen LogP contribution >= 0.6 is 0 Å². The predicted octanol–water partition coefficient (Wildman–Crippen LogP) is 2.27. The Balaban J connectivity index is 2.39. The normalized spacial score (nSPS) is 20.1. The summed E-state index contributed by atoms with van der Waals surface area (Å²) in [4.78, 5) is 0.101. The molecule has 1 heterocycles. The van der Waals surface area contributed by atoms with Crippen LogP contribution in [-0.2, 0) is 16.6 Å². The molecule has 0 amide bonds. The Hall–Kier alpha value is -0.980. The van der Waals surface area contributed by atoms with E-state index in [4.69, 9.17) is 0 Å². The van der Waals surface area contributed by atoms with E-state index in [0.717, 1.165) is 13.0 Å². The number of nitrogens with zero attached hydrogens (tertiary/aromatic N) is 1. The molecule has 0 bridgehead atoms. The number of rotatable bonds is 5. The summed E-state index contributed by atoms with van der Waals surface area (Å²) in [6.07, 6.45) is 0.859. The predicted molar refractivity (Wildman–Crippen MR) is 81.1 cm³/mol. The fourth-order valence-corrected chi connectivity index (χ4v) is 4.46. The van der Waals surface area contributed by atoms with Gasteiger partial charge in [-0.25, -0.2) is 12.8 Å². The standard InChI is InChI=1S/C15H23FN2O2S/c1-4-17-9-13-7-14(16)12(3)15(8-13)21(19,20)18-6-5-11(2)10-18/h7-8,11,17H,4-6,9-10H2,1-3H3. The Morgan fingerprint density at radius 2 is 2.14 bits per heavy atom. The van der Waals surface area contributed by atoms with Gasteiger partial charge >= 0.3 is 0 Å². The summed E-state index contributed by atoms with van der Waals surface area (Å²) in [6.45, 7) is 7.76. The fraction of sp³-hybridized carbons (Fsp3) is 0.600. The van der Waals surface area contributed by atoms with Crippen LogP contribution in [0.15, 0.2) is 17.0 Å². The molecule has 21 heavy (non-hydrogen) atoms. The van der Waals surface area contributed by atoms with Gasteiger partial charge in [-0.15, -0.1) is 0 Å². The van der Waals surface area contributed by atoms with Gasteiger partial charge in [0.15, 0.2) is 0 Å². The molecule has 2 rings (SSSR count). The maximum Gasteiger partial charge on any atom is 0.243 e. The molecule has 1 aliphatic heterocycles. The van der Waals surface area contributed by atoms with E-state index < -0.39 is 15.8 Å². The first-order valence-corrected chi connectivity index (χ1v) is 8.80. The smallest absolute Gasteiger partial charge is 0.243 e. The molecule has 4 nitrogen and oxygen atoms in total. The highest BCUT2D eigenvalue weighted by molar-refractivity contribution is 7.89. The van der Waals surface area contributed by atoms with E-state index in [1.54, 1.807) is 6.07 Å². The molecule has 0 aromatic heterocycles. The van der Waals surface area contributed by atoms with E-state index in [1.165, 1.54) is 17.3 Å². The molecule has 1 N–H and O–H groups in total. The van der Waals surface area contributed by atoms with Gasteiger partial charge in [-0.2, -0.15) is 4.31 Å². The molecule has 1 aliphatic rings. The zero-order valence-electron chi connectivity index (χ0n) is 12.8. The summed E-state index contributed by atoms with van der Waals surface area (Å²) < 4.78 is 41.0. The van der Waals surface area contributed by atoms with Crippen LogP contribution in [0.5, 0.6) is 0 Å². The summed E-state index contributed by atoms with van der Waals surface area (Å²) >= 11 is 0. The highest BCUT2D eigenvalue weighted by Gasteiger charge is 2.32. The van der Waals surface area contributed by atoms with Crippen molar-refractivity contribution < 1.29 is 12.8 Å². The van der Waals surface area contributed by atoms with Crippen LogP contribution in [0.3, 0.4) is 0 Å². The van der Waals surface area contributed by atoms with Crippen molar-refractivity contribution in [2.75, 3.05) is 19.6 Å². The fourth-order valence-electron chi connectivity index (χ4n) is 2.60. The minimum atomic E-state index is -3.61. The van der Waals surface area contributed by atoms with Crippen LogP contribution in [0, 0.1) is 18.7 Å². The van der Waals surface area contributed by atoms with Crippen LogP contribution < -0.4 is 5.32 Å². The van der Waals surface area contributed by atoms with E-state index in [0.29, 0.717) is 31.1 Å². The number of benzene rings is 1. The first-order chi connectivity index (χ1) is 9.86. The molecule has 1 saturated heterocycles. The monoisotopic (exact) mass is 314 g/mol. The highest BCUT2D eigenvalue weighted by Crippen LogP contribution is 2.28. The third kappa shape index (κ3) is 3.44. The molecule has 1 unspecified atom stereocenters. The zero-order valence-corrected chi connectivity index (χ0v) is 13.6. The van der Waals surface area contributed by atoms with Gasteiger partial charge in [-0.1, -0.05) is 13.8 Å². The molecule has 0 saturated carbocycles. The zero-order chi connectivity index (χ0) is 15.6. The van der Waals surface area contributed by atoms with Crippen molar-refractivity contribution in [1.82, 2.24) is 9.62 Å². The van der Waals surface area contributed by atoms with Gasteiger partial charge in [0, 0.05) is 25.2 Å². The van der Waals surface area contributed by atoms with E-state index in [1.807, 2.05) is 13.8 Å². The van der Waals surface area contributed by atoms with E-state index >= 15 is 0 Å². The molecule has 1 aromatic carbocycles. The molecule has 0 radical (unpaired) electrons. The second kappa shape index (κ2) is 6.42. The number of sulfonamides is 1. The van der Waals surface area contributed by atoms with Gasteiger partial charge in [0.05, 0.1) is 4.90 Å². The van der Waals surface area contributed by atoms with Crippen molar-refractivity contribution in [1.29, 1.82) is 0 Å². The Morgan fingerprint density at radius 3 is 2.71 bits per heavy atom. The van der Waals surface area contributed by atoms with Gasteiger partial charge < -0.3 is 5.32 Å². The molecule has 1 aromatic rings. The first-order valence-electron chi connectivity index (χ1n) is 7.36. The van der Waals surface area contributed by atoms with Crippen LogP contribution in [0.1, 0.15) is 31.4 Å². The molecule has 0 spiro atoms. The Kier molecular flexibility index (Phi) is 5.01. The largest absolute Gasteiger partial charge is 0.313 e. The number of hydrogen-bond donors (Lipinski definition) is 1. The third-order valence-electron chi connectivity index (χ3n) is 3.94. The van der Waals surface area contributed by atoms with Gasteiger partial charge in [0.2, 0.25) is 10.0 Å². The minimum Gasteiger partial charge on any atom is -0.313 e. The van der Waals surface area contributed by atoms with Crippen LogP contribution in [0.25, 0.3) is 0 Å². The summed E-state index contributed by atoms with van der Waals surface area (Å²) in [5, 5.41) is 3.09. The van der Waals surface area contributed by atoms with Gasteiger partial charge in [0.1, 0.15) is 5.82 Å². The maximum absolute atomic E-state index is 14.1. The van der Waals surface area contributed by atoms with Gasteiger partial charge in [0.25, 0.3) is 0 Å². The van der Waals surface area contributed by atoms with E-state index in [-0.39, 0.29) is 10.5 Å². The van der Waals surface area contributed by atoms with Crippen LogP contribution in [0.4, 0.5) is 4.39 Å². The molecule has 1 atom stereocenters. The second-order valence-electron chi connectivity index (χ2n) is 5.74.